The van der Waals surface area contributed by atoms with Gasteiger partial charge >= 0.3 is 0 Å². The summed E-state index contributed by atoms with van der Waals surface area (Å²) in [4.78, 5) is 54.7. The Kier molecular flexibility index (Phi) is 8.01. The molecular formula is C48H50N12O2. The van der Waals surface area contributed by atoms with Crippen LogP contribution in [0.2, 0.25) is 0 Å². The fourth-order valence-corrected chi connectivity index (χ4v) is 11.9. The number of rotatable bonds is 11. The van der Waals surface area contributed by atoms with Crippen LogP contribution in [-0.2, 0) is 31.5 Å². The molecule has 6 aliphatic rings. The molecular weight excluding hydrogens is 777 g/mol. The van der Waals surface area contributed by atoms with Crippen molar-refractivity contribution in [2.75, 3.05) is 41.3 Å². The van der Waals surface area contributed by atoms with Gasteiger partial charge in [-0.05, 0) is 114 Å². The standard InChI is InChI=1S/C48H50N12O2/c1-57(2)39-25-45(39,29-11-7-5-8-12-29)43(61)59-21-19-31-23-47(31,59)41-49-27-37(51-41)35-17-15-33(53-55-35)34-16-18-36(56-54-34)38-28-50-42(52-38)48-24-32(48)20-22-60(48)44(62)46(26-40(46)58(3)4)30-13-9-6-10-14-30/h5-18,27-28,31-32,39-40H,19-26H2,1-4H3,(H,49,51)(H,50,52)/t31-,32-,39?,40?,45-,46?,47?,48?/m0/s1. The molecule has 314 valence electrons. The van der Waals surface area contributed by atoms with Crippen molar-refractivity contribution in [3.05, 3.63) is 120 Å². The lowest BCUT2D eigenvalue weighted by Gasteiger charge is -2.32. The lowest BCUT2D eigenvalue weighted by Crippen LogP contribution is -2.47. The Hall–Kier alpha value is -6.12. The number of aromatic amines is 2. The van der Waals surface area contributed by atoms with E-state index in [1.807, 2.05) is 73.1 Å². The number of hydrogen-bond donors (Lipinski definition) is 2. The number of carbonyl (C=O) groups is 2. The van der Waals surface area contributed by atoms with Crippen LogP contribution >= 0.6 is 0 Å². The topological polar surface area (TPSA) is 156 Å². The lowest BCUT2D eigenvalue weighted by molar-refractivity contribution is -0.138. The maximum Gasteiger partial charge on any atom is 0.235 e. The number of amides is 2. The summed E-state index contributed by atoms with van der Waals surface area (Å²) in [6.45, 7) is 1.47. The minimum atomic E-state index is -0.535. The maximum atomic E-state index is 14.6. The molecule has 2 aliphatic heterocycles. The Labute approximate surface area is 360 Å². The molecule has 4 aromatic heterocycles. The van der Waals surface area contributed by atoms with Gasteiger partial charge < -0.3 is 29.6 Å². The second kappa shape index (κ2) is 13.2. The largest absolute Gasteiger partial charge is 0.339 e. The van der Waals surface area contributed by atoms with E-state index in [0.717, 1.165) is 85.8 Å². The third-order valence-electron chi connectivity index (χ3n) is 15.6. The summed E-state index contributed by atoms with van der Waals surface area (Å²) >= 11 is 0. The first-order chi connectivity index (χ1) is 30.1. The van der Waals surface area contributed by atoms with E-state index in [2.05, 4.69) is 102 Å². The first-order valence-corrected chi connectivity index (χ1v) is 22.0. The van der Waals surface area contributed by atoms with Crippen LogP contribution in [0.1, 0.15) is 61.3 Å². The molecule has 2 amide bonds. The van der Waals surface area contributed by atoms with Crippen molar-refractivity contribution < 1.29 is 9.59 Å². The quantitative estimate of drug-likeness (QED) is 0.179. The zero-order chi connectivity index (χ0) is 42.2. The number of piperidine rings is 2. The molecule has 4 saturated carbocycles. The average Bonchev–Trinajstić information content (AvgIpc) is 4.29. The molecule has 0 bridgehead atoms. The van der Waals surface area contributed by atoms with Crippen LogP contribution in [0.5, 0.6) is 0 Å². The van der Waals surface area contributed by atoms with Gasteiger partial charge in [0.2, 0.25) is 11.8 Å². The Morgan fingerprint density at radius 1 is 0.548 bits per heavy atom. The molecule has 2 N–H and O–H groups in total. The van der Waals surface area contributed by atoms with E-state index < -0.39 is 21.9 Å². The predicted octanol–water partition coefficient (Wildman–Crippen LogP) is 5.15. The molecule has 6 heterocycles. The van der Waals surface area contributed by atoms with Crippen molar-refractivity contribution in [3.8, 4) is 34.2 Å². The number of H-pyrrole nitrogens is 2. The predicted molar refractivity (Wildman–Crippen MR) is 231 cm³/mol. The Balaban J connectivity index is 0.746. The average molecular weight is 827 g/mol. The van der Waals surface area contributed by atoms with E-state index in [1.54, 1.807) is 0 Å². The van der Waals surface area contributed by atoms with Gasteiger partial charge in [-0.3, -0.25) is 9.59 Å². The molecule has 5 unspecified atom stereocenters. The zero-order valence-corrected chi connectivity index (χ0v) is 35.5. The van der Waals surface area contributed by atoms with Gasteiger partial charge in [-0.15, -0.1) is 20.4 Å². The van der Waals surface area contributed by atoms with Gasteiger partial charge in [0, 0.05) is 25.2 Å². The summed E-state index contributed by atoms with van der Waals surface area (Å²) < 4.78 is 0. The maximum absolute atomic E-state index is 14.6. The van der Waals surface area contributed by atoms with E-state index in [4.69, 9.17) is 9.97 Å². The van der Waals surface area contributed by atoms with Crippen molar-refractivity contribution >= 4 is 11.8 Å². The third kappa shape index (κ3) is 5.22. The molecule has 2 saturated heterocycles. The minimum Gasteiger partial charge on any atom is -0.339 e. The first-order valence-electron chi connectivity index (χ1n) is 22.0. The number of hydrogen-bond acceptors (Lipinski definition) is 10. The number of nitrogens with one attached hydrogen (secondary N) is 2. The summed E-state index contributed by atoms with van der Waals surface area (Å²) in [7, 11) is 8.27. The van der Waals surface area contributed by atoms with E-state index >= 15 is 0 Å². The first kappa shape index (κ1) is 37.6. The van der Waals surface area contributed by atoms with Gasteiger partial charge in [-0.1, -0.05) is 60.7 Å². The summed E-state index contributed by atoms with van der Waals surface area (Å²) in [6.07, 6.45) is 9.03. The normalized spacial score (nSPS) is 31.3. The summed E-state index contributed by atoms with van der Waals surface area (Å²) in [5.41, 5.74) is 4.32. The highest BCUT2D eigenvalue weighted by Crippen LogP contribution is 2.66. The Morgan fingerprint density at radius 3 is 1.27 bits per heavy atom. The molecule has 62 heavy (non-hydrogen) atoms. The number of imidazole rings is 2. The highest BCUT2D eigenvalue weighted by atomic mass is 16.2. The highest BCUT2D eigenvalue weighted by molar-refractivity contribution is 5.95. The number of likely N-dealkylation sites (tertiary alicyclic amines) is 2. The van der Waals surface area contributed by atoms with E-state index in [-0.39, 0.29) is 23.9 Å². The fourth-order valence-electron chi connectivity index (χ4n) is 11.9. The number of carbonyl (C=O) groups excluding carboxylic acids is 2. The van der Waals surface area contributed by atoms with E-state index in [0.29, 0.717) is 34.6 Å². The second-order valence-electron chi connectivity index (χ2n) is 19.1. The van der Waals surface area contributed by atoms with Crippen LogP contribution in [0.25, 0.3) is 34.2 Å². The number of likely N-dealkylation sites (N-methyl/N-ethyl adjacent to an activating group) is 2. The molecule has 8 atom stereocenters. The van der Waals surface area contributed by atoms with Crippen molar-refractivity contribution in [1.29, 1.82) is 0 Å². The fraction of sp³-hybridized carbons (Fsp3) is 0.417. The highest BCUT2D eigenvalue weighted by Gasteiger charge is 2.73. The van der Waals surface area contributed by atoms with Crippen LogP contribution in [0.15, 0.2) is 97.3 Å². The lowest BCUT2D eigenvalue weighted by atomic mass is 9.92. The molecule has 6 fully saturated rings. The van der Waals surface area contributed by atoms with E-state index in [9.17, 15) is 9.59 Å². The molecule has 14 heteroatoms. The third-order valence-corrected chi connectivity index (χ3v) is 15.6. The monoisotopic (exact) mass is 826 g/mol. The molecule has 2 aromatic carbocycles. The van der Waals surface area contributed by atoms with Crippen LogP contribution in [0, 0.1) is 11.8 Å². The van der Waals surface area contributed by atoms with Crippen LogP contribution in [0.4, 0.5) is 0 Å². The molecule has 0 radical (unpaired) electrons. The number of benzene rings is 2. The van der Waals surface area contributed by atoms with Crippen LogP contribution < -0.4 is 0 Å². The SMILES string of the molecule is CN(C)C1CC1(C(=O)N1CC[C@H]2CC21c1ncc(-c2ccc(-c3ccc(-c4cnc(C56C[C@@H]5CCN6C(=O)[C@]5(c6ccccc6)CC5N(C)C)[nH]4)nn3)nn2)[nH]1)c1ccccc1. The summed E-state index contributed by atoms with van der Waals surface area (Å²) in [5.74, 6) is 2.84. The van der Waals surface area contributed by atoms with Gasteiger partial charge in [0.25, 0.3) is 0 Å². The van der Waals surface area contributed by atoms with Crippen molar-refractivity contribution in [2.45, 2.75) is 72.5 Å². The van der Waals surface area contributed by atoms with Gasteiger partial charge in [-0.25, -0.2) is 9.97 Å². The molecule has 6 aromatic rings. The van der Waals surface area contributed by atoms with Gasteiger partial charge in [-0.2, -0.15) is 0 Å². The van der Waals surface area contributed by atoms with Crippen molar-refractivity contribution in [1.82, 2.24) is 59.9 Å². The van der Waals surface area contributed by atoms with E-state index in [1.165, 1.54) is 0 Å². The van der Waals surface area contributed by atoms with Crippen LogP contribution in [-0.4, -0.2) is 125 Å². The number of aromatic nitrogens is 8. The number of nitrogens with zero attached hydrogens (tertiary/aromatic N) is 10. The smallest absolute Gasteiger partial charge is 0.235 e. The summed E-state index contributed by atoms with van der Waals surface area (Å²) in [6, 6.07) is 28.5. The zero-order valence-electron chi connectivity index (χ0n) is 35.5. The van der Waals surface area contributed by atoms with Gasteiger partial charge in [0.1, 0.15) is 45.5 Å². The molecule has 14 nitrogen and oxygen atoms in total. The minimum absolute atomic E-state index is 0.168. The van der Waals surface area contributed by atoms with Gasteiger partial charge in [0.05, 0.1) is 34.6 Å². The molecule has 0 spiro atoms. The summed E-state index contributed by atoms with van der Waals surface area (Å²) in [5, 5.41) is 18.2. The van der Waals surface area contributed by atoms with Crippen molar-refractivity contribution in [2.24, 2.45) is 11.8 Å². The van der Waals surface area contributed by atoms with Crippen LogP contribution in [0.3, 0.4) is 0 Å². The number of fused-ring (bicyclic) bond motifs is 2. The van der Waals surface area contributed by atoms with Gasteiger partial charge in [0.15, 0.2) is 0 Å². The Bertz CT molecular complexity index is 2530. The van der Waals surface area contributed by atoms with Crippen molar-refractivity contribution in [3.63, 3.8) is 0 Å². The molecule has 4 aliphatic carbocycles. The second-order valence-corrected chi connectivity index (χ2v) is 19.1. The molecule has 12 rings (SSSR count). The Morgan fingerprint density at radius 2 is 0.935 bits per heavy atom.